The molecule has 3 rings (SSSR count). The van der Waals surface area contributed by atoms with E-state index in [1.54, 1.807) is 30.3 Å². The van der Waals surface area contributed by atoms with E-state index in [4.69, 9.17) is 9.15 Å². The van der Waals surface area contributed by atoms with Crippen LogP contribution in [0.2, 0.25) is 0 Å². The Kier molecular flexibility index (Phi) is 5.75. The largest absolute Gasteiger partial charge is 0.492 e. The fourth-order valence-corrected chi connectivity index (χ4v) is 2.93. The van der Waals surface area contributed by atoms with Crippen LogP contribution in [-0.4, -0.2) is 48.4 Å². The monoisotopic (exact) mass is 371 g/mol. The first-order valence-corrected chi connectivity index (χ1v) is 8.74. The van der Waals surface area contributed by atoms with Crippen molar-refractivity contribution < 1.29 is 23.5 Å². The molecule has 27 heavy (non-hydrogen) atoms. The van der Waals surface area contributed by atoms with E-state index in [1.165, 1.54) is 17.2 Å². The summed E-state index contributed by atoms with van der Waals surface area (Å²) >= 11 is 0. The number of piperazine rings is 1. The number of anilines is 1. The lowest BCUT2D eigenvalue weighted by atomic mass is 10.1. The lowest BCUT2D eigenvalue weighted by Crippen LogP contribution is -2.58. The third kappa shape index (κ3) is 4.28. The Morgan fingerprint density at radius 3 is 2.85 bits per heavy atom. The van der Waals surface area contributed by atoms with Crippen molar-refractivity contribution in [3.8, 4) is 5.75 Å². The number of furan rings is 1. The topological polar surface area (TPSA) is 101 Å². The number of para-hydroxylation sites is 2. The first-order valence-electron chi connectivity index (χ1n) is 8.74. The summed E-state index contributed by atoms with van der Waals surface area (Å²) < 4.78 is 10.6. The van der Waals surface area contributed by atoms with Crippen molar-refractivity contribution in [2.75, 3.05) is 25.0 Å². The van der Waals surface area contributed by atoms with Gasteiger partial charge >= 0.3 is 0 Å². The smallest absolute Gasteiger partial charge is 0.290 e. The van der Waals surface area contributed by atoms with E-state index in [9.17, 15) is 14.4 Å². The first kappa shape index (κ1) is 18.5. The highest BCUT2D eigenvalue weighted by Crippen LogP contribution is 2.24. The molecule has 0 bridgehead atoms. The van der Waals surface area contributed by atoms with E-state index in [1.807, 2.05) is 6.92 Å². The summed E-state index contributed by atoms with van der Waals surface area (Å²) in [5.41, 5.74) is 0.518. The van der Waals surface area contributed by atoms with E-state index in [0.717, 1.165) is 0 Å². The normalized spacial score (nSPS) is 16.6. The molecule has 3 amide bonds. The van der Waals surface area contributed by atoms with Gasteiger partial charge in [-0.2, -0.15) is 0 Å². The van der Waals surface area contributed by atoms with Crippen molar-refractivity contribution in [2.24, 2.45) is 0 Å². The van der Waals surface area contributed by atoms with Gasteiger partial charge in [0.25, 0.3) is 5.91 Å². The van der Waals surface area contributed by atoms with Crippen molar-refractivity contribution in [3.05, 3.63) is 48.4 Å². The van der Waals surface area contributed by atoms with Gasteiger partial charge in [-0.1, -0.05) is 12.1 Å². The minimum Gasteiger partial charge on any atom is -0.492 e. The van der Waals surface area contributed by atoms with E-state index in [2.05, 4.69) is 10.6 Å². The third-order valence-corrected chi connectivity index (χ3v) is 4.16. The molecule has 1 aromatic carbocycles. The summed E-state index contributed by atoms with van der Waals surface area (Å²) in [6.07, 6.45) is 1.22. The Labute approximate surface area is 156 Å². The zero-order valence-corrected chi connectivity index (χ0v) is 14.9. The average Bonchev–Trinajstić information content (AvgIpc) is 3.19. The zero-order valence-electron chi connectivity index (χ0n) is 14.9. The maximum atomic E-state index is 12.6. The van der Waals surface area contributed by atoms with Gasteiger partial charge in [0.1, 0.15) is 11.8 Å². The van der Waals surface area contributed by atoms with Gasteiger partial charge < -0.3 is 24.7 Å². The number of nitrogens with one attached hydrogen (secondary N) is 2. The molecular formula is C19H21N3O5. The van der Waals surface area contributed by atoms with Crippen LogP contribution in [0.5, 0.6) is 5.75 Å². The van der Waals surface area contributed by atoms with Crippen LogP contribution in [0.25, 0.3) is 0 Å². The number of hydrogen-bond acceptors (Lipinski definition) is 5. The van der Waals surface area contributed by atoms with Gasteiger partial charge in [0.15, 0.2) is 5.76 Å². The molecule has 8 nitrogen and oxygen atoms in total. The number of carbonyl (C=O) groups is 3. The highest BCUT2D eigenvalue weighted by atomic mass is 16.5. The molecule has 2 heterocycles. The molecule has 0 radical (unpaired) electrons. The molecule has 0 spiro atoms. The number of ether oxygens (including phenoxy) is 1. The highest BCUT2D eigenvalue weighted by Gasteiger charge is 2.36. The van der Waals surface area contributed by atoms with E-state index in [-0.39, 0.29) is 24.0 Å². The third-order valence-electron chi connectivity index (χ3n) is 4.16. The molecule has 0 saturated carbocycles. The zero-order chi connectivity index (χ0) is 19.2. The first-order chi connectivity index (χ1) is 13.1. The predicted octanol–water partition coefficient (Wildman–Crippen LogP) is 1.65. The van der Waals surface area contributed by atoms with Crippen LogP contribution in [0, 0.1) is 0 Å². The summed E-state index contributed by atoms with van der Waals surface area (Å²) in [4.78, 5) is 38.8. The molecule has 142 valence electrons. The van der Waals surface area contributed by atoms with Crippen LogP contribution in [0.15, 0.2) is 47.1 Å². The van der Waals surface area contributed by atoms with Crippen LogP contribution in [-0.2, 0) is 9.59 Å². The number of amides is 3. The minimum absolute atomic E-state index is 0.136. The lowest BCUT2D eigenvalue weighted by Gasteiger charge is -2.34. The minimum atomic E-state index is -0.907. The van der Waals surface area contributed by atoms with Crippen molar-refractivity contribution in [3.63, 3.8) is 0 Å². The summed E-state index contributed by atoms with van der Waals surface area (Å²) in [5, 5.41) is 5.45. The molecule has 2 N–H and O–H groups in total. The van der Waals surface area contributed by atoms with Crippen LogP contribution in [0.4, 0.5) is 5.69 Å². The number of rotatable bonds is 6. The average molecular weight is 371 g/mol. The van der Waals surface area contributed by atoms with Crippen molar-refractivity contribution in [1.82, 2.24) is 10.2 Å². The summed E-state index contributed by atoms with van der Waals surface area (Å²) in [6.45, 7) is 2.95. The fraction of sp³-hybridized carbons (Fsp3) is 0.316. The molecule has 2 aromatic rings. The highest BCUT2D eigenvalue weighted by molar-refractivity contribution is 6.00. The molecule has 1 saturated heterocycles. The standard InChI is InChI=1S/C19H21N3O5/c1-2-26-15-7-4-3-6-13(15)21-17(23)12-14-18(24)20-9-10-22(14)19(25)16-8-5-11-27-16/h3-8,11,14H,2,9-10,12H2,1H3,(H,20,24)(H,21,23). The van der Waals surface area contributed by atoms with Gasteiger partial charge in [0.05, 0.1) is 25.0 Å². The van der Waals surface area contributed by atoms with Crippen molar-refractivity contribution in [1.29, 1.82) is 0 Å². The maximum absolute atomic E-state index is 12.6. The summed E-state index contributed by atoms with van der Waals surface area (Å²) in [7, 11) is 0. The SMILES string of the molecule is CCOc1ccccc1NC(=O)CC1C(=O)NCCN1C(=O)c1ccco1. The van der Waals surface area contributed by atoms with Gasteiger partial charge in [-0.3, -0.25) is 14.4 Å². The molecule has 1 aliphatic heterocycles. The molecule has 8 heteroatoms. The van der Waals surface area contributed by atoms with Crippen LogP contribution < -0.4 is 15.4 Å². The number of hydrogen-bond donors (Lipinski definition) is 2. The molecule has 1 aromatic heterocycles. The molecule has 0 aliphatic carbocycles. The number of nitrogens with zero attached hydrogens (tertiary/aromatic N) is 1. The molecule has 1 unspecified atom stereocenters. The summed E-state index contributed by atoms with van der Waals surface area (Å²) in [6, 6.07) is 9.27. The Balaban J connectivity index is 1.72. The Bertz CT molecular complexity index is 819. The van der Waals surface area contributed by atoms with Gasteiger partial charge in [-0.05, 0) is 31.2 Å². The van der Waals surface area contributed by atoms with Gasteiger partial charge in [0, 0.05) is 13.1 Å². The fourth-order valence-electron chi connectivity index (χ4n) is 2.93. The second-order valence-corrected chi connectivity index (χ2v) is 5.96. The number of carbonyl (C=O) groups excluding carboxylic acids is 3. The second-order valence-electron chi connectivity index (χ2n) is 5.96. The van der Waals surface area contributed by atoms with E-state index >= 15 is 0 Å². The van der Waals surface area contributed by atoms with E-state index in [0.29, 0.717) is 31.1 Å². The van der Waals surface area contributed by atoms with Crippen LogP contribution in [0.3, 0.4) is 0 Å². The van der Waals surface area contributed by atoms with Gasteiger partial charge in [-0.25, -0.2) is 0 Å². The molecule has 1 aliphatic rings. The Hall–Kier alpha value is -3.29. The van der Waals surface area contributed by atoms with Crippen molar-refractivity contribution >= 4 is 23.4 Å². The summed E-state index contributed by atoms with van der Waals surface area (Å²) in [5.74, 6) is -0.486. The Morgan fingerprint density at radius 2 is 2.11 bits per heavy atom. The van der Waals surface area contributed by atoms with E-state index < -0.39 is 11.9 Å². The predicted molar refractivity (Wildman–Crippen MR) is 97.4 cm³/mol. The molecular weight excluding hydrogens is 350 g/mol. The Morgan fingerprint density at radius 1 is 1.30 bits per heavy atom. The number of benzene rings is 1. The van der Waals surface area contributed by atoms with Crippen LogP contribution >= 0.6 is 0 Å². The van der Waals surface area contributed by atoms with Crippen LogP contribution in [0.1, 0.15) is 23.9 Å². The van der Waals surface area contributed by atoms with Gasteiger partial charge in [-0.15, -0.1) is 0 Å². The molecule has 1 fully saturated rings. The molecule has 1 atom stereocenters. The van der Waals surface area contributed by atoms with Crippen molar-refractivity contribution in [2.45, 2.75) is 19.4 Å². The maximum Gasteiger partial charge on any atom is 0.290 e. The van der Waals surface area contributed by atoms with Gasteiger partial charge in [0.2, 0.25) is 11.8 Å². The lowest BCUT2D eigenvalue weighted by molar-refractivity contribution is -0.131. The second kappa shape index (κ2) is 8.39. The quantitative estimate of drug-likeness (QED) is 0.804.